The lowest BCUT2D eigenvalue weighted by Crippen LogP contribution is -2.12. The van der Waals surface area contributed by atoms with E-state index in [0.29, 0.717) is 0 Å². The fourth-order valence-electron chi connectivity index (χ4n) is 0.426. The van der Waals surface area contributed by atoms with Gasteiger partial charge in [0.25, 0.3) is 5.91 Å². The fraction of sp³-hybridized carbons (Fsp3) is 0.250. The van der Waals surface area contributed by atoms with Crippen LogP contribution in [0.1, 0.15) is 23.8 Å². The van der Waals surface area contributed by atoms with Crippen molar-refractivity contribution in [3.05, 3.63) is 24.3 Å². The lowest BCUT2D eigenvalue weighted by molar-refractivity contribution is -0.136. The van der Waals surface area contributed by atoms with Gasteiger partial charge in [-0.05, 0) is 0 Å². The molecule has 1 aromatic heterocycles. The second kappa shape index (κ2) is 6.53. The Balaban J connectivity index is 0.000000292. The maximum Gasteiger partial charge on any atom is 0.303 e. The average molecular weight is 197 g/mol. The molecule has 0 aliphatic carbocycles. The third-order valence-electron chi connectivity index (χ3n) is 1.12. The third-order valence-corrected chi connectivity index (χ3v) is 1.12. The zero-order chi connectivity index (χ0) is 11.0. The van der Waals surface area contributed by atoms with E-state index in [0.717, 1.165) is 0 Å². The molecule has 6 heteroatoms. The van der Waals surface area contributed by atoms with Gasteiger partial charge in [-0.3, -0.25) is 14.6 Å². The summed E-state index contributed by atoms with van der Waals surface area (Å²) in [5, 5.41) is 7.72. The smallest absolute Gasteiger partial charge is 0.303 e. The molecule has 0 bridgehead atoms. The summed E-state index contributed by atoms with van der Waals surface area (Å²) in [6, 6.07) is 0. The first kappa shape index (κ1) is 12.0. The number of nitrogens with two attached hydrogens (primary N) is 1. The van der Waals surface area contributed by atoms with Crippen molar-refractivity contribution in [2.24, 2.45) is 5.73 Å². The van der Waals surface area contributed by atoms with Crippen LogP contribution >= 0.6 is 0 Å². The summed E-state index contributed by atoms with van der Waals surface area (Å²) < 4.78 is 0. The number of carboxylic acids is 1. The number of amides is 1. The first-order chi connectivity index (χ1) is 6.57. The Hall–Kier alpha value is -1.98. The van der Waals surface area contributed by atoms with Gasteiger partial charge in [0.05, 0.1) is 6.20 Å². The van der Waals surface area contributed by atoms with Gasteiger partial charge in [-0.1, -0.05) is 6.92 Å². The van der Waals surface area contributed by atoms with E-state index in [1.807, 2.05) is 0 Å². The lowest BCUT2D eigenvalue weighted by Gasteiger charge is -1.87. The Kier molecular flexibility index (Phi) is 5.60. The number of aliphatic carboxylic acids is 1. The molecule has 0 radical (unpaired) electrons. The fourth-order valence-corrected chi connectivity index (χ4v) is 0.426. The van der Waals surface area contributed by atoms with Crippen LogP contribution in [0.3, 0.4) is 0 Å². The van der Waals surface area contributed by atoms with Gasteiger partial charge in [-0.2, -0.15) is 0 Å². The van der Waals surface area contributed by atoms with Crippen molar-refractivity contribution in [2.75, 3.05) is 0 Å². The maximum atomic E-state index is 10.3. The highest BCUT2D eigenvalue weighted by Gasteiger charge is 1.97. The molecule has 1 aromatic rings. The van der Waals surface area contributed by atoms with Crippen molar-refractivity contribution in [1.82, 2.24) is 9.97 Å². The minimum atomic E-state index is -0.745. The van der Waals surface area contributed by atoms with Gasteiger partial charge >= 0.3 is 5.97 Å². The molecule has 76 valence electrons. The number of carboxylic acid groups (broad SMARTS) is 1. The molecule has 0 aliphatic heterocycles. The largest absolute Gasteiger partial charge is 0.481 e. The van der Waals surface area contributed by atoms with Crippen molar-refractivity contribution in [3.63, 3.8) is 0 Å². The number of rotatable bonds is 2. The van der Waals surface area contributed by atoms with Gasteiger partial charge < -0.3 is 10.8 Å². The molecule has 0 fully saturated rings. The van der Waals surface area contributed by atoms with E-state index in [1.165, 1.54) is 18.6 Å². The molecule has 1 amide bonds. The molecule has 3 N–H and O–H groups in total. The maximum absolute atomic E-state index is 10.3. The van der Waals surface area contributed by atoms with E-state index in [-0.39, 0.29) is 12.1 Å². The Morgan fingerprint density at radius 3 is 2.29 bits per heavy atom. The minimum absolute atomic E-state index is 0.192. The number of carbonyl (C=O) groups is 2. The topological polar surface area (TPSA) is 106 Å². The van der Waals surface area contributed by atoms with Crippen LogP contribution in [0.25, 0.3) is 0 Å². The number of carbonyl (C=O) groups excluding carboxylic acids is 1. The summed E-state index contributed by atoms with van der Waals surface area (Å²) in [5.41, 5.74) is 5.06. The molecule has 0 saturated heterocycles. The number of hydrogen-bond donors (Lipinski definition) is 2. The van der Waals surface area contributed by atoms with Crippen molar-refractivity contribution in [2.45, 2.75) is 13.3 Å². The normalized spacial score (nSPS) is 8.36. The number of nitrogens with zero attached hydrogens (tertiary/aromatic N) is 2. The van der Waals surface area contributed by atoms with Gasteiger partial charge in [0.1, 0.15) is 5.69 Å². The highest BCUT2D eigenvalue weighted by Crippen LogP contribution is 1.84. The van der Waals surface area contributed by atoms with Gasteiger partial charge in [0.2, 0.25) is 0 Å². The van der Waals surface area contributed by atoms with Crippen LogP contribution in [0, 0.1) is 0 Å². The molecule has 0 atom stereocenters. The predicted octanol–water partition coefficient (Wildman–Crippen LogP) is 0.0565. The van der Waals surface area contributed by atoms with E-state index >= 15 is 0 Å². The molecule has 0 spiro atoms. The van der Waals surface area contributed by atoms with Crippen molar-refractivity contribution < 1.29 is 14.7 Å². The van der Waals surface area contributed by atoms with Crippen molar-refractivity contribution in [1.29, 1.82) is 0 Å². The summed E-state index contributed by atoms with van der Waals surface area (Å²) in [6.45, 7) is 1.60. The van der Waals surface area contributed by atoms with Crippen LogP contribution in [0.15, 0.2) is 18.6 Å². The summed E-state index contributed by atoms with van der Waals surface area (Å²) in [6.07, 6.45) is 4.44. The summed E-state index contributed by atoms with van der Waals surface area (Å²) in [5.74, 6) is -1.30. The molecule has 0 aliphatic rings. The monoisotopic (exact) mass is 197 g/mol. The molecule has 0 saturated carbocycles. The molecule has 0 unspecified atom stereocenters. The molecular formula is C8H11N3O3. The predicted molar refractivity (Wildman–Crippen MR) is 48.5 cm³/mol. The van der Waals surface area contributed by atoms with Crippen LogP contribution in [0.4, 0.5) is 0 Å². The molecular weight excluding hydrogens is 186 g/mol. The zero-order valence-electron chi connectivity index (χ0n) is 7.67. The number of primary amides is 1. The van der Waals surface area contributed by atoms with Crippen LogP contribution in [0.2, 0.25) is 0 Å². The summed E-state index contributed by atoms with van der Waals surface area (Å²) in [7, 11) is 0. The number of hydrogen-bond acceptors (Lipinski definition) is 4. The Bertz CT molecular complexity index is 300. The standard InChI is InChI=1S/C5H5N3O.C3H6O2/c6-5(9)4-3-7-1-2-8-4;1-2-3(4)5/h1-3H,(H2,6,9);2H2,1H3,(H,4,5). The molecule has 0 aromatic carbocycles. The van der Waals surface area contributed by atoms with Gasteiger partial charge in [0.15, 0.2) is 0 Å². The number of aromatic nitrogens is 2. The van der Waals surface area contributed by atoms with E-state index in [1.54, 1.807) is 6.92 Å². The second-order valence-corrected chi connectivity index (χ2v) is 2.20. The quantitative estimate of drug-likeness (QED) is 0.697. The highest BCUT2D eigenvalue weighted by atomic mass is 16.4. The molecule has 1 rings (SSSR count). The first-order valence-corrected chi connectivity index (χ1v) is 3.85. The first-order valence-electron chi connectivity index (χ1n) is 3.85. The highest BCUT2D eigenvalue weighted by molar-refractivity contribution is 5.90. The van der Waals surface area contributed by atoms with Gasteiger partial charge in [-0.15, -0.1) is 0 Å². The summed E-state index contributed by atoms with van der Waals surface area (Å²) in [4.78, 5) is 27.0. The van der Waals surface area contributed by atoms with E-state index < -0.39 is 11.9 Å². The van der Waals surface area contributed by atoms with Crippen LogP contribution in [-0.4, -0.2) is 27.0 Å². The average Bonchev–Trinajstić information content (AvgIpc) is 2.20. The van der Waals surface area contributed by atoms with E-state index in [4.69, 9.17) is 10.8 Å². The van der Waals surface area contributed by atoms with Crippen LogP contribution in [-0.2, 0) is 4.79 Å². The molecule has 14 heavy (non-hydrogen) atoms. The van der Waals surface area contributed by atoms with E-state index in [9.17, 15) is 9.59 Å². The molecule has 1 heterocycles. The zero-order valence-corrected chi connectivity index (χ0v) is 7.67. The Morgan fingerprint density at radius 1 is 1.50 bits per heavy atom. The minimum Gasteiger partial charge on any atom is -0.481 e. The summed E-state index contributed by atoms with van der Waals surface area (Å²) >= 11 is 0. The SMILES string of the molecule is CCC(=O)O.NC(=O)c1cnccn1. The van der Waals surface area contributed by atoms with Crippen LogP contribution in [0.5, 0.6) is 0 Å². The lowest BCUT2D eigenvalue weighted by atomic mass is 10.4. The van der Waals surface area contributed by atoms with Gasteiger partial charge in [-0.25, -0.2) is 4.98 Å². The second-order valence-electron chi connectivity index (χ2n) is 2.20. The van der Waals surface area contributed by atoms with Crippen molar-refractivity contribution >= 4 is 11.9 Å². The van der Waals surface area contributed by atoms with Gasteiger partial charge in [0, 0.05) is 18.8 Å². The Labute approximate surface area is 80.8 Å². The Morgan fingerprint density at radius 2 is 2.07 bits per heavy atom. The van der Waals surface area contributed by atoms with Crippen molar-refractivity contribution in [3.8, 4) is 0 Å². The van der Waals surface area contributed by atoms with Crippen LogP contribution < -0.4 is 5.73 Å². The third kappa shape index (κ3) is 5.64. The molecule has 6 nitrogen and oxygen atoms in total. The van der Waals surface area contributed by atoms with E-state index in [2.05, 4.69) is 9.97 Å².